The number of amides is 2. The Labute approximate surface area is 235 Å². The van der Waals surface area contributed by atoms with Crippen LogP contribution in [0.3, 0.4) is 0 Å². The summed E-state index contributed by atoms with van der Waals surface area (Å²) in [4.78, 5) is 29.1. The van der Waals surface area contributed by atoms with Crippen LogP contribution in [0.4, 0.5) is 4.39 Å². The molecule has 0 heterocycles. The molecule has 1 aliphatic rings. The summed E-state index contributed by atoms with van der Waals surface area (Å²) in [6.45, 7) is 3.67. The maximum atomic E-state index is 13.8. The largest absolute Gasteiger partial charge is 0.484 e. The Morgan fingerprint density at radius 1 is 0.974 bits per heavy atom. The van der Waals surface area contributed by atoms with Gasteiger partial charge in [-0.2, -0.15) is 0 Å². The molecule has 0 unspecified atom stereocenters. The van der Waals surface area contributed by atoms with Gasteiger partial charge in [0.05, 0.1) is 0 Å². The molecule has 1 aliphatic carbocycles. The standard InChI is InChI=1S/C32H36ClFN2O3/c1-22-17-28(18-23(2)31(22)33)39-21-30(37)36(20-25-13-15-26(34)16-14-25)29(19-24-9-5-3-6-10-24)32(38)35-27-11-7-4-8-12-27/h3,5-6,9-10,13-18,27,29H,4,7-8,11-12,19-21H2,1-2H3,(H,35,38)/t29-/m0/s1. The maximum Gasteiger partial charge on any atom is 0.261 e. The van der Waals surface area contributed by atoms with Gasteiger partial charge in [0.15, 0.2) is 6.61 Å². The summed E-state index contributed by atoms with van der Waals surface area (Å²) >= 11 is 6.30. The van der Waals surface area contributed by atoms with E-state index in [2.05, 4.69) is 5.32 Å². The summed E-state index contributed by atoms with van der Waals surface area (Å²) < 4.78 is 19.6. The molecule has 39 heavy (non-hydrogen) atoms. The Hall–Kier alpha value is -3.38. The summed E-state index contributed by atoms with van der Waals surface area (Å²) in [5.74, 6) is -0.330. The van der Waals surface area contributed by atoms with Crippen molar-refractivity contribution in [2.45, 2.75) is 71.0 Å². The fourth-order valence-electron chi connectivity index (χ4n) is 5.10. The molecule has 0 aromatic heterocycles. The van der Waals surface area contributed by atoms with Crippen molar-refractivity contribution in [3.8, 4) is 5.75 Å². The van der Waals surface area contributed by atoms with Gasteiger partial charge >= 0.3 is 0 Å². The number of hydrogen-bond acceptors (Lipinski definition) is 3. The van der Waals surface area contributed by atoms with Crippen molar-refractivity contribution in [1.82, 2.24) is 10.2 Å². The Kier molecular flexibility index (Phi) is 9.99. The van der Waals surface area contributed by atoms with E-state index in [0.717, 1.165) is 47.9 Å². The third-order valence-electron chi connectivity index (χ3n) is 7.26. The van der Waals surface area contributed by atoms with Crippen molar-refractivity contribution >= 4 is 23.4 Å². The fraction of sp³-hybridized carbons (Fsp3) is 0.375. The number of nitrogens with zero attached hydrogens (tertiary/aromatic N) is 1. The third kappa shape index (κ3) is 8.06. The zero-order valence-electron chi connectivity index (χ0n) is 22.6. The van der Waals surface area contributed by atoms with Crippen LogP contribution in [-0.4, -0.2) is 35.4 Å². The van der Waals surface area contributed by atoms with Gasteiger partial charge < -0.3 is 15.0 Å². The highest BCUT2D eigenvalue weighted by molar-refractivity contribution is 6.32. The molecule has 3 aromatic rings. The topological polar surface area (TPSA) is 58.6 Å². The normalized spacial score (nSPS) is 14.5. The van der Waals surface area contributed by atoms with Crippen LogP contribution in [0.25, 0.3) is 0 Å². The number of carbonyl (C=O) groups is 2. The average molecular weight is 551 g/mol. The minimum Gasteiger partial charge on any atom is -0.484 e. The molecule has 4 rings (SSSR count). The van der Waals surface area contributed by atoms with Crippen LogP contribution in [0.15, 0.2) is 66.7 Å². The van der Waals surface area contributed by atoms with Gasteiger partial charge in [0.25, 0.3) is 5.91 Å². The van der Waals surface area contributed by atoms with E-state index in [1.807, 2.05) is 44.2 Å². The Bertz CT molecular complexity index is 1240. The maximum absolute atomic E-state index is 13.8. The minimum atomic E-state index is -0.760. The second-order valence-corrected chi connectivity index (χ2v) is 10.7. The third-order valence-corrected chi connectivity index (χ3v) is 7.86. The van der Waals surface area contributed by atoms with Crippen molar-refractivity contribution in [2.24, 2.45) is 0 Å². The molecule has 0 radical (unpaired) electrons. The molecule has 1 N–H and O–H groups in total. The molecule has 206 valence electrons. The van der Waals surface area contributed by atoms with E-state index in [9.17, 15) is 14.0 Å². The number of hydrogen-bond donors (Lipinski definition) is 1. The summed E-state index contributed by atoms with van der Waals surface area (Å²) in [6, 6.07) is 18.6. The molecular weight excluding hydrogens is 515 g/mol. The van der Waals surface area contributed by atoms with E-state index in [1.54, 1.807) is 29.2 Å². The van der Waals surface area contributed by atoms with Gasteiger partial charge in [0.1, 0.15) is 17.6 Å². The Morgan fingerprint density at radius 2 is 1.62 bits per heavy atom. The van der Waals surface area contributed by atoms with Gasteiger partial charge in [0.2, 0.25) is 5.91 Å². The zero-order valence-corrected chi connectivity index (χ0v) is 23.3. The quantitative estimate of drug-likeness (QED) is 0.311. The van der Waals surface area contributed by atoms with Crippen molar-refractivity contribution in [1.29, 1.82) is 0 Å². The zero-order chi connectivity index (χ0) is 27.8. The summed E-state index contributed by atoms with van der Waals surface area (Å²) in [6.07, 6.45) is 5.57. The molecule has 0 saturated heterocycles. The van der Waals surface area contributed by atoms with Crippen LogP contribution in [0, 0.1) is 19.7 Å². The number of carbonyl (C=O) groups excluding carboxylic acids is 2. The molecule has 1 saturated carbocycles. The number of benzene rings is 3. The second-order valence-electron chi connectivity index (χ2n) is 10.4. The molecule has 0 bridgehead atoms. The van der Waals surface area contributed by atoms with E-state index in [4.69, 9.17) is 16.3 Å². The van der Waals surface area contributed by atoms with E-state index in [0.29, 0.717) is 17.2 Å². The highest BCUT2D eigenvalue weighted by Gasteiger charge is 2.32. The van der Waals surface area contributed by atoms with E-state index < -0.39 is 6.04 Å². The molecule has 0 aliphatic heterocycles. The van der Waals surface area contributed by atoms with Crippen molar-refractivity contribution in [2.75, 3.05) is 6.61 Å². The molecule has 1 atom stereocenters. The molecule has 7 heteroatoms. The van der Waals surface area contributed by atoms with E-state index >= 15 is 0 Å². The smallest absolute Gasteiger partial charge is 0.261 e. The molecule has 1 fully saturated rings. The predicted molar refractivity (Wildman–Crippen MR) is 152 cm³/mol. The van der Waals surface area contributed by atoms with Gasteiger partial charge in [-0.25, -0.2) is 4.39 Å². The van der Waals surface area contributed by atoms with Gasteiger partial charge in [-0.1, -0.05) is 73.3 Å². The Balaban J connectivity index is 1.61. The summed E-state index contributed by atoms with van der Waals surface area (Å²) in [5, 5.41) is 3.88. The average Bonchev–Trinajstić information content (AvgIpc) is 2.94. The van der Waals surface area contributed by atoms with E-state index in [1.165, 1.54) is 18.6 Å². The minimum absolute atomic E-state index is 0.101. The van der Waals surface area contributed by atoms with Crippen LogP contribution in [-0.2, 0) is 22.6 Å². The second kappa shape index (κ2) is 13.6. The van der Waals surface area contributed by atoms with Crippen molar-refractivity contribution in [3.05, 3.63) is 99.8 Å². The predicted octanol–water partition coefficient (Wildman–Crippen LogP) is 6.56. The summed E-state index contributed by atoms with van der Waals surface area (Å²) in [5.41, 5.74) is 3.39. The van der Waals surface area contributed by atoms with Crippen LogP contribution in [0.2, 0.25) is 5.02 Å². The molecule has 2 amide bonds. The monoisotopic (exact) mass is 550 g/mol. The molecule has 0 spiro atoms. The van der Waals surface area contributed by atoms with Crippen molar-refractivity contribution < 1.29 is 18.7 Å². The van der Waals surface area contributed by atoms with Gasteiger partial charge in [0, 0.05) is 24.0 Å². The SMILES string of the molecule is Cc1cc(OCC(=O)N(Cc2ccc(F)cc2)[C@@H](Cc2ccccc2)C(=O)NC2CCCCC2)cc(C)c1Cl. The fourth-order valence-corrected chi connectivity index (χ4v) is 5.21. The first kappa shape index (κ1) is 28.6. The van der Waals surface area contributed by atoms with Crippen molar-refractivity contribution in [3.63, 3.8) is 0 Å². The van der Waals surface area contributed by atoms with Crippen LogP contribution in [0.5, 0.6) is 5.75 Å². The van der Waals surface area contributed by atoms with Crippen LogP contribution < -0.4 is 10.1 Å². The number of nitrogens with one attached hydrogen (secondary N) is 1. The van der Waals surface area contributed by atoms with Gasteiger partial charge in [-0.3, -0.25) is 9.59 Å². The number of rotatable bonds is 10. The highest BCUT2D eigenvalue weighted by atomic mass is 35.5. The lowest BCUT2D eigenvalue weighted by atomic mass is 9.94. The molecule has 3 aromatic carbocycles. The number of aryl methyl sites for hydroxylation is 2. The first-order chi connectivity index (χ1) is 18.8. The molecular formula is C32H36ClFN2O3. The lowest BCUT2D eigenvalue weighted by Crippen LogP contribution is -2.53. The Morgan fingerprint density at radius 3 is 2.26 bits per heavy atom. The van der Waals surface area contributed by atoms with Crippen LogP contribution in [0.1, 0.15) is 54.4 Å². The van der Waals surface area contributed by atoms with E-state index in [-0.39, 0.29) is 36.8 Å². The first-order valence-electron chi connectivity index (χ1n) is 13.6. The van der Waals surface area contributed by atoms with Crippen LogP contribution >= 0.6 is 11.6 Å². The summed E-state index contributed by atoms with van der Waals surface area (Å²) in [7, 11) is 0. The highest BCUT2D eigenvalue weighted by Crippen LogP contribution is 2.26. The van der Waals surface area contributed by atoms with Gasteiger partial charge in [-0.15, -0.1) is 0 Å². The lowest BCUT2D eigenvalue weighted by molar-refractivity contribution is -0.143. The first-order valence-corrected chi connectivity index (χ1v) is 14.0. The number of halogens is 2. The lowest BCUT2D eigenvalue weighted by Gasteiger charge is -2.33. The molecule has 5 nitrogen and oxygen atoms in total. The van der Waals surface area contributed by atoms with Gasteiger partial charge in [-0.05, 0) is 73.2 Å². The number of ether oxygens (including phenoxy) is 1.